The number of hydrogen-bond acceptors (Lipinski definition) is 12. The zero-order valence-electron chi connectivity index (χ0n) is 22.1. The van der Waals surface area contributed by atoms with Crippen molar-refractivity contribution in [2.75, 3.05) is 37.1 Å². The Balaban J connectivity index is 0.969. The van der Waals surface area contributed by atoms with Crippen LogP contribution in [0.1, 0.15) is 0 Å². The molecule has 8 atom stereocenters. The number of aliphatic hydroxyl groups excluding tert-OH is 2. The molecule has 4 N–H and O–H groups in total. The van der Waals surface area contributed by atoms with Crippen LogP contribution in [0.2, 0.25) is 10.0 Å². The Morgan fingerprint density at radius 1 is 0.690 bits per heavy atom. The van der Waals surface area contributed by atoms with Crippen LogP contribution < -0.4 is 20.1 Å². The minimum atomic E-state index is -0.648. The quantitative estimate of drug-likeness (QED) is 0.294. The number of benzene rings is 2. The van der Waals surface area contributed by atoms with Gasteiger partial charge in [-0.2, -0.15) is 4.98 Å². The van der Waals surface area contributed by atoms with E-state index in [9.17, 15) is 10.2 Å². The van der Waals surface area contributed by atoms with Crippen molar-refractivity contribution in [1.29, 1.82) is 0 Å². The summed E-state index contributed by atoms with van der Waals surface area (Å²) in [4.78, 5) is 8.82. The van der Waals surface area contributed by atoms with E-state index in [4.69, 9.17) is 51.6 Å². The summed E-state index contributed by atoms with van der Waals surface area (Å²) in [5, 5.41) is 27.0. The van der Waals surface area contributed by atoms with Gasteiger partial charge in [0.2, 0.25) is 5.95 Å². The van der Waals surface area contributed by atoms with Crippen LogP contribution in [0.25, 0.3) is 0 Å². The van der Waals surface area contributed by atoms with E-state index in [2.05, 4.69) is 20.6 Å². The van der Waals surface area contributed by atoms with Crippen molar-refractivity contribution in [2.24, 2.45) is 0 Å². The molecule has 222 valence electrons. The van der Waals surface area contributed by atoms with Crippen LogP contribution in [0.5, 0.6) is 11.5 Å². The van der Waals surface area contributed by atoms with Crippen LogP contribution in [-0.2, 0) is 18.9 Å². The Kier molecular flexibility index (Phi) is 7.71. The summed E-state index contributed by atoms with van der Waals surface area (Å²) >= 11 is 13.0. The molecule has 0 spiro atoms. The van der Waals surface area contributed by atoms with Gasteiger partial charge in [-0.1, -0.05) is 23.2 Å². The van der Waals surface area contributed by atoms with Gasteiger partial charge in [-0.05, 0) is 42.5 Å². The van der Waals surface area contributed by atoms with Crippen LogP contribution in [0.3, 0.4) is 0 Å². The van der Waals surface area contributed by atoms with Crippen LogP contribution in [0, 0.1) is 0 Å². The van der Waals surface area contributed by atoms with Crippen molar-refractivity contribution in [3.63, 3.8) is 0 Å². The van der Waals surface area contributed by atoms with E-state index in [0.717, 1.165) is 0 Å². The van der Waals surface area contributed by atoms with Gasteiger partial charge in [0.1, 0.15) is 53.9 Å². The molecule has 0 radical (unpaired) electrons. The van der Waals surface area contributed by atoms with E-state index in [1.54, 1.807) is 42.6 Å². The van der Waals surface area contributed by atoms with Crippen LogP contribution in [0.15, 0.2) is 48.7 Å². The third kappa shape index (κ3) is 5.56. The molecule has 3 aromatic rings. The number of nitrogens with zero attached hydrogens (tertiary/aromatic N) is 2. The smallest absolute Gasteiger partial charge is 0.229 e. The standard InChI is InChI=1S/C28H28Cl2N4O8/c29-15-7-13(1-3-19(15)41-21-11-39-24-17(35)9-37-26(21)24)32-23-5-6-31-28(34-23)33-14-2-4-20(16(30)8-14)42-22-12-40-25-18(36)10-38-27(22)25/h1-8,17-18,21-22,24-27,35-36H,9-12H2,(H2,31,32,33,34)/t17-,18-,21-,22?,24+,25+,26+,27+/m0/s1. The fraction of sp³-hybridized carbons (Fsp3) is 0.429. The summed E-state index contributed by atoms with van der Waals surface area (Å²) in [7, 11) is 0. The van der Waals surface area contributed by atoms with Crippen molar-refractivity contribution in [1.82, 2.24) is 9.97 Å². The van der Waals surface area contributed by atoms with Gasteiger partial charge in [-0.3, -0.25) is 0 Å². The minimum absolute atomic E-state index is 0.228. The van der Waals surface area contributed by atoms with E-state index in [1.165, 1.54) is 0 Å². The summed E-state index contributed by atoms with van der Waals surface area (Å²) in [5.41, 5.74) is 1.37. The lowest BCUT2D eigenvalue weighted by atomic mass is 10.1. The molecule has 4 aliphatic rings. The first-order valence-corrected chi connectivity index (χ1v) is 14.3. The summed E-state index contributed by atoms with van der Waals surface area (Å²) in [6, 6.07) is 12.3. The molecule has 4 saturated heterocycles. The zero-order valence-corrected chi connectivity index (χ0v) is 23.6. The van der Waals surface area contributed by atoms with Gasteiger partial charge >= 0.3 is 0 Å². The van der Waals surface area contributed by atoms with Gasteiger partial charge in [0, 0.05) is 17.6 Å². The Bertz CT molecular complexity index is 1350. The molecule has 1 unspecified atom stereocenters. The number of rotatable bonds is 8. The molecule has 0 bridgehead atoms. The van der Waals surface area contributed by atoms with Gasteiger partial charge in [0.25, 0.3) is 0 Å². The molecule has 2 aromatic carbocycles. The summed E-state index contributed by atoms with van der Waals surface area (Å²) in [6.07, 6.45) is -1.81. The topological polar surface area (TPSA) is 146 Å². The minimum Gasteiger partial charge on any atom is -0.484 e. The first kappa shape index (κ1) is 27.9. The average molecular weight is 619 g/mol. The van der Waals surface area contributed by atoms with Crippen molar-refractivity contribution < 1.29 is 38.6 Å². The number of aliphatic hydroxyl groups is 2. The van der Waals surface area contributed by atoms with E-state index in [0.29, 0.717) is 57.9 Å². The second kappa shape index (κ2) is 11.6. The van der Waals surface area contributed by atoms with Crippen molar-refractivity contribution in [3.8, 4) is 11.5 Å². The molecular weight excluding hydrogens is 591 g/mol. The lowest BCUT2D eigenvalue weighted by Crippen LogP contribution is -2.34. The maximum Gasteiger partial charge on any atom is 0.229 e. The molecule has 12 nitrogen and oxygen atoms in total. The van der Waals surface area contributed by atoms with Gasteiger partial charge in [0.15, 0.2) is 12.2 Å². The normalized spacial score (nSPS) is 31.5. The number of fused-ring (bicyclic) bond motifs is 2. The van der Waals surface area contributed by atoms with Crippen molar-refractivity contribution >= 4 is 46.3 Å². The van der Waals surface area contributed by atoms with E-state index in [-0.39, 0.29) is 49.8 Å². The summed E-state index contributed by atoms with van der Waals surface area (Å²) < 4.78 is 34.5. The average Bonchev–Trinajstić information content (AvgIpc) is 3.74. The molecular formula is C28H28Cl2N4O8. The Morgan fingerprint density at radius 3 is 1.76 bits per heavy atom. The predicted octanol–water partition coefficient (Wildman–Crippen LogP) is 3.08. The number of anilines is 4. The fourth-order valence-electron chi connectivity index (χ4n) is 5.53. The van der Waals surface area contributed by atoms with Crippen LogP contribution in [-0.4, -0.2) is 95.4 Å². The highest BCUT2D eigenvalue weighted by atomic mass is 35.5. The molecule has 4 fully saturated rings. The first-order valence-electron chi connectivity index (χ1n) is 13.5. The number of nitrogens with one attached hydrogen (secondary N) is 2. The van der Waals surface area contributed by atoms with E-state index < -0.39 is 12.2 Å². The lowest BCUT2D eigenvalue weighted by molar-refractivity contribution is 0.00863. The lowest BCUT2D eigenvalue weighted by Gasteiger charge is -2.19. The first-order chi connectivity index (χ1) is 20.4. The Labute approximate surface area is 250 Å². The van der Waals surface area contributed by atoms with Crippen molar-refractivity contribution in [3.05, 3.63) is 58.7 Å². The highest BCUT2D eigenvalue weighted by molar-refractivity contribution is 6.32. The molecule has 0 aliphatic carbocycles. The zero-order chi connectivity index (χ0) is 28.8. The SMILES string of the molecule is O[C@H]1CO[C@H]2[C@@H]1OC[C@@H]2Oc1ccc(Nc2ccnc(Nc3ccc(OC4CO[C@H]5[C@@H]4OC[C@@H]5O)c(Cl)c3)n2)cc1Cl. The van der Waals surface area contributed by atoms with Crippen molar-refractivity contribution in [2.45, 2.75) is 48.8 Å². The number of aromatic nitrogens is 2. The summed E-state index contributed by atoms with van der Waals surface area (Å²) in [5.74, 6) is 1.86. The molecule has 0 saturated carbocycles. The van der Waals surface area contributed by atoms with E-state index >= 15 is 0 Å². The van der Waals surface area contributed by atoms with Gasteiger partial charge < -0.3 is 49.3 Å². The molecule has 14 heteroatoms. The Morgan fingerprint density at radius 2 is 1.21 bits per heavy atom. The maximum atomic E-state index is 9.94. The Hall–Kier alpha value is -2.94. The second-order valence-corrected chi connectivity index (χ2v) is 11.3. The molecule has 7 rings (SSSR count). The van der Waals surface area contributed by atoms with Crippen LogP contribution >= 0.6 is 23.2 Å². The molecule has 4 aliphatic heterocycles. The second-order valence-electron chi connectivity index (χ2n) is 10.4. The number of hydrogen-bond donors (Lipinski definition) is 4. The molecule has 5 heterocycles. The third-order valence-corrected chi connectivity index (χ3v) is 8.16. The van der Waals surface area contributed by atoms with E-state index in [1.807, 2.05) is 6.07 Å². The van der Waals surface area contributed by atoms with Gasteiger partial charge in [-0.25, -0.2) is 4.98 Å². The molecule has 0 amide bonds. The maximum absolute atomic E-state index is 9.94. The summed E-state index contributed by atoms with van der Waals surface area (Å²) in [6.45, 7) is 1.09. The van der Waals surface area contributed by atoms with Gasteiger partial charge in [-0.15, -0.1) is 0 Å². The van der Waals surface area contributed by atoms with Gasteiger partial charge in [0.05, 0.1) is 36.5 Å². The number of halogens is 2. The third-order valence-electron chi connectivity index (χ3n) is 7.57. The van der Waals surface area contributed by atoms with Crippen LogP contribution in [0.4, 0.5) is 23.1 Å². The monoisotopic (exact) mass is 618 g/mol. The highest BCUT2D eigenvalue weighted by Crippen LogP contribution is 2.36. The largest absolute Gasteiger partial charge is 0.484 e. The number of ether oxygens (including phenoxy) is 6. The highest BCUT2D eigenvalue weighted by Gasteiger charge is 2.49. The molecule has 1 aromatic heterocycles. The fourth-order valence-corrected chi connectivity index (χ4v) is 5.98. The molecule has 42 heavy (non-hydrogen) atoms. The predicted molar refractivity (Wildman–Crippen MR) is 151 cm³/mol.